The minimum absolute atomic E-state index is 0.600. The predicted octanol–water partition coefficient (Wildman–Crippen LogP) is 4.23. The Morgan fingerprint density at radius 1 is 1.44 bits per heavy atom. The highest BCUT2D eigenvalue weighted by atomic mass is 127. The van der Waals surface area contributed by atoms with Crippen molar-refractivity contribution in [2.24, 2.45) is 0 Å². The number of furan rings is 1. The first kappa shape index (κ1) is 13.8. The van der Waals surface area contributed by atoms with Crippen molar-refractivity contribution in [1.82, 2.24) is 9.97 Å². The Hall–Kier alpha value is -0.630. The summed E-state index contributed by atoms with van der Waals surface area (Å²) >= 11 is 5.69. The molecule has 96 valence electrons. The van der Waals surface area contributed by atoms with Crippen molar-refractivity contribution in [3.05, 3.63) is 26.1 Å². The quantitative estimate of drug-likeness (QED) is 0.750. The van der Waals surface area contributed by atoms with Gasteiger partial charge in [-0.25, -0.2) is 9.97 Å². The van der Waals surface area contributed by atoms with Crippen molar-refractivity contribution in [2.75, 3.05) is 11.9 Å². The van der Waals surface area contributed by atoms with Crippen LogP contribution in [0.5, 0.6) is 0 Å². The summed E-state index contributed by atoms with van der Waals surface area (Å²) in [7, 11) is 0. The molecular weight excluding hydrogens is 409 g/mol. The van der Waals surface area contributed by atoms with Gasteiger partial charge in [0.05, 0.1) is 20.0 Å². The van der Waals surface area contributed by atoms with Gasteiger partial charge in [0.15, 0.2) is 11.6 Å². The smallest absolute Gasteiger partial charge is 0.199 e. The molecule has 0 saturated heterocycles. The third kappa shape index (κ3) is 2.85. The zero-order valence-electron chi connectivity index (χ0n) is 10.1. The summed E-state index contributed by atoms with van der Waals surface area (Å²) in [5.41, 5.74) is 0.947. The molecule has 2 rings (SSSR count). The van der Waals surface area contributed by atoms with Crippen LogP contribution in [-0.4, -0.2) is 16.5 Å². The molecule has 0 radical (unpaired) electrons. The van der Waals surface area contributed by atoms with Crippen LogP contribution in [0.1, 0.15) is 19.0 Å². The van der Waals surface area contributed by atoms with Crippen molar-refractivity contribution in [2.45, 2.75) is 20.3 Å². The number of hydrogen-bond donors (Lipinski definition) is 1. The molecule has 0 unspecified atom stereocenters. The Kier molecular flexibility index (Phi) is 4.60. The Balaban J connectivity index is 2.44. The number of nitrogens with one attached hydrogen (secondary N) is 1. The van der Waals surface area contributed by atoms with Gasteiger partial charge in [0.2, 0.25) is 0 Å². The summed E-state index contributed by atoms with van der Waals surface area (Å²) in [6.45, 7) is 4.99. The van der Waals surface area contributed by atoms with Crippen LogP contribution in [0.25, 0.3) is 11.6 Å². The molecule has 1 N–H and O–H groups in total. The van der Waals surface area contributed by atoms with Crippen molar-refractivity contribution in [1.29, 1.82) is 0 Å². The van der Waals surface area contributed by atoms with Crippen LogP contribution in [0.3, 0.4) is 0 Å². The first-order valence-electron chi connectivity index (χ1n) is 5.64. The molecule has 0 aromatic carbocycles. The lowest BCUT2D eigenvalue weighted by Gasteiger charge is -2.09. The molecule has 0 aliphatic carbocycles. The van der Waals surface area contributed by atoms with E-state index in [1.165, 1.54) is 0 Å². The van der Waals surface area contributed by atoms with Crippen LogP contribution < -0.4 is 5.32 Å². The summed E-state index contributed by atoms with van der Waals surface area (Å²) in [6, 6.07) is 1.84. The fourth-order valence-corrected chi connectivity index (χ4v) is 2.29. The van der Waals surface area contributed by atoms with Crippen LogP contribution in [0.15, 0.2) is 21.2 Å². The summed E-state index contributed by atoms with van der Waals surface area (Å²) < 4.78 is 7.32. The lowest BCUT2D eigenvalue weighted by atomic mass is 10.3. The summed E-state index contributed by atoms with van der Waals surface area (Å²) in [6.07, 6.45) is 2.67. The Morgan fingerprint density at radius 3 is 2.83 bits per heavy atom. The summed E-state index contributed by atoms with van der Waals surface area (Å²) in [4.78, 5) is 8.98. The fraction of sp³-hybridized carbons (Fsp3) is 0.333. The van der Waals surface area contributed by atoms with Gasteiger partial charge in [-0.15, -0.1) is 0 Å². The van der Waals surface area contributed by atoms with Gasteiger partial charge in [-0.05, 0) is 57.9 Å². The molecule has 0 aliphatic rings. The van der Waals surface area contributed by atoms with Gasteiger partial charge in [0.25, 0.3) is 0 Å². The number of hydrogen-bond acceptors (Lipinski definition) is 4. The minimum atomic E-state index is 0.600. The van der Waals surface area contributed by atoms with Crippen LogP contribution in [0.2, 0.25) is 0 Å². The van der Waals surface area contributed by atoms with Crippen molar-refractivity contribution in [3.8, 4) is 11.6 Å². The maximum Gasteiger partial charge on any atom is 0.199 e. The molecule has 2 aromatic rings. The van der Waals surface area contributed by atoms with E-state index in [1.807, 2.05) is 13.0 Å². The molecular formula is C12H13BrIN3O. The van der Waals surface area contributed by atoms with Gasteiger partial charge in [0.1, 0.15) is 5.82 Å². The van der Waals surface area contributed by atoms with Crippen LogP contribution in [-0.2, 0) is 0 Å². The maximum atomic E-state index is 5.40. The number of halogens is 2. The average Bonchev–Trinajstić information content (AvgIpc) is 2.77. The number of rotatable bonds is 4. The highest BCUT2D eigenvalue weighted by Crippen LogP contribution is 2.29. The molecule has 0 aliphatic heterocycles. The molecule has 0 amide bonds. The largest absolute Gasteiger partial charge is 0.460 e. The fourth-order valence-electron chi connectivity index (χ4n) is 1.47. The predicted molar refractivity (Wildman–Crippen MR) is 83.7 cm³/mol. The second-order valence-corrected chi connectivity index (χ2v) is 5.75. The second-order valence-electron chi connectivity index (χ2n) is 3.82. The molecule has 0 atom stereocenters. The van der Waals surface area contributed by atoms with Gasteiger partial charge in [-0.3, -0.25) is 0 Å². The zero-order valence-corrected chi connectivity index (χ0v) is 13.9. The van der Waals surface area contributed by atoms with E-state index in [-0.39, 0.29) is 0 Å². The average molecular weight is 422 g/mol. The molecule has 0 bridgehead atoms. The molecule has 4 nitrogen and oxygen atoms in total. The third-order valence-electron chi connectivity index (χ3n) is 2.38. The monoisotopic (exact) mass is 421 g/mol. The lowest BCUT2D eigenvalue weighted by Crippen LogP contribution is -2.07. The van der Waals surface area contributed by atoms with Gasteiger partial charge in [-0.2, -0.15) is 0 Å². The molecule has 2 aromatic heterocycles. The molecule has 18 heavy (non-hydrogen) atoms. The molecule has 0 fully saturated rings. The molecule has 6 heteroatoms. The van der Waals surface area contributed by atoms with Crippen molar-refractivity contribution < 1.29 is 4.42 Å². The van der Waals surface area contributed by atoms with E-state index in [0.717, 1.165) is 32.5 Å². The normalized spacial score (nSPS) is 10.7. The van der Waals surface area contributed by atoms with Gasteiger partial charge in [0, 0.05) is 6.54 Å². The number of aromatic nitrogens is 2. The van der Waals surface area contributed by atoms with Crippen LogP contribution >= 0.6 is 38.5 Å². The van der Waals surface area contributed by atoms with Crippen molar-refractivity contribution in [3.63, 3.8) is 0 Å². The first-order chi connectivity index (χ1) is 8.63. The molecule has 0 spiro atoms. The van der Waals surface area contributed by atoms with Crippen LogP contribution in [0, 0.1) is 10.5 Å². The van der Waals surface area contributed by atoms with Gasteiger partial charge < -0.3 is 9.73 Å². The standard InChI is InChI=1S/C12H13BrIN3O/c1-3-5-15-11-9(14)7(2)16-12(17-11)10-8(13)4-6-18-10/h4,6H,3,5H2,1-2H3,(H,15,16,17). The number of anilines is 1. The highest BCUT2D eigenvalue weighted by Gasteiger charge is 2.14. The molecule has 2 heterocycles. The van der Waals surface area contributed by atoms with E-state index >= 15 is 0 Å². The lowest BCUT2D eigenvalue weighted by molar-refractivity contribution is 0.575. The SMILES string of the molecule is CCCNc1nc(-c2occc2Br)nc(C)c1I. The number of nitrogens with zero attached hydrogens (tertiary/aromatic N) is 2. The topological polar surface area (TPSA) is 51.0 Å². The first-order valence-corrected chi connectivity index (χ1v) is 7.52. The Bertz CT molecular complexity index is 556. The maximum absolute atomic E-state index is 5.40. The van der Waals surface area contributed by atoms with Crippen LogP contribution in [0.4, 0.5) is 5.82 Å². The van der Waals surface area contributed by atoms with Crippen molar-refractivity contribution >= 4 is 44.3 Å². The van der Waals surface area contributed by atoms with E-state index in [0.29, 0.717) is 11.6 Å². The number of aryl methyl sites for hydroxylation is 1. The highest BCUT2D eigenvalue weighted by molar-refractivity contribution is 14.1. The van der Waals surface area contributed by atoms with E-state index in [2.05, 4.69) is 60.7 Å². The van der Waals surface area contributed by atoms with E-state index in [1.54, 1.807) is 6.26 Å². The van der Waals surface area contributed by atoms with Gasteiger partial charge >= 0.3 is 0 Å². The third-order valence-corrected chi connectivity index (χ3v) is 4.30. The van der Waals surface area contributed by atoms with E-state index in [4.69, 9.17) is 4.42 Å². The Labute approximate surface area is 128 Å². The zero-order chi connectivity index (χ0) is 13.1. The van der Waals surface area contributed by atoms with E-state index < -0.39 is 0 Å². The summed E-state index contributed by atoms with van der Waals surface area (Å²) in [5.74, 6) is 2.13. The Morgan fingerprint density at radius 2 is 2.22 bits per heavy atom. The van der Waals surface area contributed by atoms with E-state index in [9.17, 15) is 0 Å². The molecule has 0 saturated carbocycles. The summed E-state index contributed by atoms with van der Waals surface area (Å²) in [5, 5.41) is 3.31. The minimum Gasteiger partial charge on any atom is -0.460 e. The second kappa shape index (κ2) is 6.01. The van der Waals surface area contributed by atoms with Gasteiger partial charge in [-0.1, -0.05) is 6.92 Å².